The second-order valence-corrected chi connectivity index (χ2v) is 5.87. The van der Waals surface area contributed by atoms with Crippen LogP contribution in [0.2, 0.25) is 0 Å². The Morgan fingerprint density at radius 1 is 1.33 bits per heavy atom. The predicted octanol–water partition coefficient (Wildman–Crippen LogP) is 1.08. The fourth-order valence-corrected chi connectivity index (χ4v) is 3.54. The third-order valence-electron chi connectivity index (χ3n) is 3.38. The summed E-state index contributed by atoms with van der Waals surface area (Å²) in [5.41, 5.74) is 5.80. The number of nitrogens with zero attached hydrogens (tertiary/aromatic N) is 1. The number of rotatable bonds is 2. The van der Waals surface area contributed by atoms with Crippen LogP contribution in [0, 0.1) is 5.92 Å². The highest BCUT2D eigenvalue weighted by atomic mass is 32.2. The van der Waals surface area contributed by atoms with Crippen molar-refractivity contribution in [3.05, 3.63) is 0 Å². The molecule has 2 heterocycles. The van der Waals surface area contributed by atoms with Crippen molar-refractivity contribution in [2.45, 2.75) is 31.7 Å². The van der Waals surface area contributed by atoms with Crippen LogP contribution in [0.15, 0.2) is 0 Å². The SMILES string of the molecule is NC1CCN(C(=O)CC2CCSCC2)C1. The number of nitrogens with two attached hydrogens (primary N) is 1. The number of hydrogen-bond acceptors (Lipinski definition) is 3. The Morgan fingerprint density at radius 2 is 2.07 bits per heavy atom. The molecule has 2 aliphatic heterocycles. The van der Waals surface area contributed by atoms with Gasteiger partial charge in [0.15, 0.2) is 0 Å². The van der Waals surface area contributed by atoms with E-state index < -0.39 is 0 Å². The van der Waals surface area contributed by atoms with Crippen molar-refractivity contribution >= 4 is 17.7 Å². The van der Waals surface area contributed by atoms with Crippen LogP contribution in [0.1, 0.15) is 25.7 Å². The summed E-state index contributed by atoms with van der Waals surface area (Å²) in [6.07, 6.45) is 4.17. The smallest absolute Gasteiger partial charge is 0.222 e. The van der Waals surface area contributed by atoms with Gasteiger partial charge in [0.1, 0.15) is 0 Å². The summed E-state index contributed by atoms with van der Waals surface area (Å²) in [4.78, 5) is 13.9. The average molecular weight is 228 g/mol. The second kappa shape index (κ2) is 5.21. The fourth-order valence-electron chi connectivity index (χ4n) is 2.34. The molecule has 2 fully saturated rings. The largest absolute Gasteiger partial charge is 0.341 e. The highest BCUT2D eigenvalue weighted by molar-refractivity contribution is 7.99. The summed E-state index contributed by atoms with van der Waals surface area (Å²) in [5, 5.41) is 0. The molecule has 0 bridgehead atoms. The zero-order chi connectivity index (χ0) is 10.7. The van der Waals surface area contributed by atoms with Crippen molar-refractivity contribution in [2.24, 2.45) is 11.7 Å². The molecule has 0 aromatic heterocycles. The monoisotopic (exact) mass is 228 g/mol. The van der Waals surface area contributed by atoms with Crippen molar-refractivity contribution in [2.75, 3.05) is 24.6 Å². The number of amides is 1. The van der Waals surface area contributed by atoms with Crippen LogP contribution < -0.4 is 5.73 Å². The molecule has 0 aromatic carbocycles. The highest BCUT2D eigenvalue weighted by Crippen LogP contribution is 2.26. The Morgan fingerprint density at radius 3 is 2.67 bits per heavy atom. The van der Waals surface area contributed by atoms with Crippen molar-refractivity contribution in [1.82, 2.24) is 4.90 Å². The Bertz CT molecular complexity index is 229. The van der Waals surface area contributed by atoms with Gasteiger partial charge < -0.3 is 10.6 Å². The Balaban J connectivity index is 1.76. The zero-order valence-corrected chi connectivity index (χ0v) is 9.97. The van der Waals surface area contributed by atoms with Gasteiger partial charge in [0.25, 0.3) is 0 Å². The number of carbonyl (C=O) groups is 1. The molecule has 0 radical (unpaired) electrons. The van der Waals surface area contributed by atoms with Crippen LogP contribution in [0.25, 0.3) is 0 Å². The lowest BCUT2D eigenvalue weighted by molar-refractivity contribution is -0.131. The van der Waals surface area contributed by atoms with Gasteiger partial charge in [-0.3, -0.25) is 4.79 Å². The van der Waals surface area contributed by atoms with Crippen LogP contribution >= 0.6 is 11.8 Å². The summed E-state index contributed by atoms with van der Waals surface area (Å²) >= 11 is 2.01. The van der Waals surface area contributed by atoms with E-state index in [1.54, 1.807) is 0 Å². The standard InChI is InChI=1S/C11H20N2OS/c12-10-1-4-13(8-10)11(14)7-9-2-5-15-6-3-9/h9-10H,1-8,12H2. The Hall–Kier alpha value is -0.220. The minimum atomic E-state index is 0.218. The molecule has 0 spiro atoms. The van der Waals surface area contributed by atoms with Crippen LogP contribution in [0.5, 0.6) is 0 Å². The van der Waals surface area contributed by atoms with E-state index in [0.717, 1.165) is 25.9 Å². The second-order valence-electron chi connectivity index (χ2n) is 4.65. The Labute approximate surface area is 95.8 Å². The van der Waals surface area contributed by atoms with E-state index in [-0.39, 0.29) is 6.04 Å². The number of likely N-dealkylation sites (tertiary alicyclic amines) is 1. The van der Waals surface area contributed by atoms with Crippen molar-refractivity contribution < 1.29 is 4.79 Å². The summed E-state index contributed by atoms with van der Waals surface area (Å²) in [6.45, 7) is 1.65. The predicted molar refractivity (Wildman–Crippen MR) is 63.8 cm³/mol. The molecule has 2 rings (SSSR count). The van der Waals surface area contributed by atoms with Gasteiger partial charge >= 0.3 is 0 Å². The van der Waals surface area contributed by atoms with Gasteiger partial charge in [-0.1, -0.05) is 0 Å². The first-order chi connectivity index (χ1) is 7.25. The lowest BCUT2D eigenvalue weighted by Gasteiger charge is -2.23. The van der Waals surface area contributed by atoms with E-state index in [1.165, 1.54) is 24.3 Å². The minimum Gasteiger partial charge on any atom is -0.341 e. The topological polar surface area (TPSA) is 46.3 Å². The normalized spacial score (nSPS) is 28.3. The number of thioether (sulfide) groups is 1. The summed E-state index contributed by atoms with van der Waals surface area (Å²) in [6, 6.07) is 0.218. The average Bonchev–Trinajstić information content (AvgIpc) is 2.66. The first-order valence-corrected chi connectivity index (χ1v) is 7.02. The molecule has 86 valence electrons. The van der Waals surface area contributed by atoms with Crippen molar-refractivity contribution in [1.29, 1.82) is 0 Å². The lowest BCUT2D eigenvalue weighted by Crippen LogP contribution is -2.33. The quantitative estimate of drug-likeness (QED) is 0.769. The molecule has 4 heteroatoms. The van der Waals surface area contributed by atoms with Gasteiger partial charge in [0.05, 0.1) is 0 Å². The van der Waals surface area contributed by atoms with Crippen LogP contribution in [-0.2, 0) is 4.79 Å². The van der Waals surface area contributed by atoms with Gasteiger partial charge in [0.2, 0.25) is 5.91 Å². The van der Waals surface area contributed by atoms with Crippen LogP contribution in [0.3, 0.4) is 0 Å². The molecule has 1 amide bonds. The van der Waals surface area contributed by atoms with E-state index in [0.29, 0.717) is 11.8 Å². The zero-order valence-electron chi connectivity index (χ0n) is 9.15. The van der Waals surface area contributed by atoms with E-state index in [9.17, 15) is 4.79 Å². The lowest BCUT2D eigenvalue weighted by atomic mass is 9.98. The maximum Gasteiger partial charge on any atom is 0.222 e. The summed E-state index contributed by atoms with van der Waals surface area (Å²) in [7, 11) is 0. The van der Waals surface area contributed by atoms with E-state index >= 15 is 0 Å². The third-order valence-corrected chi connectivity index (χ3v) is 4.43. The summed E-state index contributed by atoms with van der Waals surface area (Å²) in [5.74, 6) is 3.44. The summed E-state index contributed by atoms with van der Waals surface area (Å²) < 4.78 is 0. The molecule has 0 aromatic rings. The highest BCUT2D eigenvalue weighted by Gasteiger charge is 2.26. The fraction of sp³-hybridized carbons (Fsp3) is 0.909. The molecule has 1 unspecified atom stereocenters. The van der Waals surface area contributed by atoms with Crippen LogP contribution in [0.4, 0.5) is 0 Å². The minimum absolute atomic E-state index is 0.218. The van der Waals surface area contributed by atoms with Gasteiger partial charge in [-0.05, 0) is 36.7 Å². The van der Waals surface area contributed by atoms with E-state index in [2.05, 4.69) is 0 Å². The first kappa shape index (κ1) is 11.3. The molecular weight excluding hydrogens is 208 g/mol. The maximum atomic E-state index is 11.9. The molecular formula is C11H20N2OS. The third kappa shape index (κ3) is 3.11. The van der Waals surface area contributed by atoms with Crippen molar-refractivity contribution in [3.8, 4) is 0 Å². The maximum absolute atomic E-state index is 11.9. The molecule has 2 saturated heterocycles. The molecule has 1 atom stereocenters. The van der Waals surface area contributed by atoms with Crippen molar-refractivity contribution in [3.63, 3.8) is 0 Å². The van der Waals surface area contributed by atoms with Gasteiger partial charge in [0, 0.05) is 25.6 Å². The molecule has 3 nitrogen and oxygen atoms in total. The Kier molecular flexibility index (Phi) is 3.92. The molecule has 2 aliphatic rings. The number of carbonyl (C=O) groups excluding carboxylic acids is 1. The molecule has 15 heavy (non-hydrogen) atoms. The first-order valence-electron chi connectivity index (χ1n) is 5.87. The van der Waals surface area contributed by atoms with E-state index in [4.69, 9.17) is 5.73 Å². The van der Waals surface area contributed by atoms with Gasteiger partial charge in [-0.2, -0.15) is 11.8 Å². The molecule has 0 aliphatic carbocycles. The van der Waals surface area contributed by atoms with Gasteiger partial charge in [-0.15, -0.1) is 0 Å². The van der Waals surface area contributed by atoms with Crippen LogP contribution in [-0.4, -0.2) is 41.4 Å². The van der Waals surface area contributed by atoms with Gasteiger partial charge in [-0.25, -0.2) is 0 Å². The number of hydrogen-bond donors (Lipinski definition) is 1. The molecule has 2 N–H and O–H groups in total. The molecule has 0 saturated carbocycles. The van der Waals surface area contributed by atoms with E-state index in [1.807, 2.05) is 16.7 Å².